The van der Waals surface area contributed by atoms with Crippen molar-refractivity contribution in [3.63, 3.8) is 0 Å². The van der Waals surface area contributed by atoms with Gasteiger partial charge in [0, 0.05) is 39.0 Å². The van der Waals surface area contributed by atoms with Crippen molar-refractivity contribution in [2.45, 2.75) is 37.5 Å². The van der Waals surface area contributed by atoms with Crippen LogP contribution in [0.25, 0.3) is 0 Å². The fourth-order valence-electron chi connectivity index (χ4n) is 1.97. The van der Waals surface area contributed by atoms with E-state index in [2.05, 4.69) is 28.8 Å². The maximum atomic E-state index is 11.7. The van der Waals surface area contributed by atoms with Crippen LogP contribution in [0.4, 0.5) is 0 Å². The Morgan fingerprint density at radius 3 is 2.77 bits per heavy atom. The Labute approximate surface area is 138 Å². The Hall–Kier alpha value is -0.950. The number of nitrogens with zero attached hydrogens (tertiary/aromatic N) is 2. The Kier molecular flexibility index (Phi) is 9.31. The second-order valence-electron chi connectivity index (χ2n) is 5.75. The van der Waals surface area contributed by atoms with Crippen LogP contribution < -0.4 is 10.6 Å². The van der Waals surface area contributed by atoms with Crippen LogP contribution in [0.5, 0.6) is 0 Å². The first-order valence-corrected chi connectivity index (χ1v) is 9.18. The van der Waals surface area contributed by atoms with Gasteiger partial charge in [0.25, 0.3) is 0 Å². The minimum Gasteiger partial charge on any atom is -0.376 e. The van der Waals surface area contributed by atoms with Gasteiger partial charge in [-0.05, 0) is 25.5 Å². The van der Waals surface area contributed by atoms with Crippen LogP contribution in [0.1, 0.15) is 26.2 Å². The zero-order valence-electron chi connectivity index (χ0n) is 14.2. The summed E-state index contributed by atoms with van der Waals surface area (Å²) in [5.74, 6) is 0.679. The Morgan fingerprint density at radius 1 is 1.41 bits per heavy atom. The molecule has 0 saturated carbocycles. The van der Waals surface area contributed by atoms with Gasteiger partial charge in [-0.25, -0.2) is 4.99 Å². The minimum absolute atomic E-state index is 0.00655. The van der Waals surface area contributed by atoms with E-state index in [0.29, 0.717) is 11.2 Å². The highest BCUT2D eigenvalue weighted by Gasteiger charge is 2.14. The van der Waals surface area contributed by atoms with Gasteiger partial charge in [-0.2, -0.15) is 11.8 Å². The van der Waals surface area contributed by atoms with E-state index in [9.17, 15) is 4.79 Å². The lowest BCUT2D eigenvalue weighted by Crippen LogP contribution is -2.44. The summed E-state index contributed by atoms with van der Waals surface area (Å²) in [7, 11) is 3.48. The zero-order valence-corrected chi connectivity index (χ0v) is 15.0. The van der Waals surface area contributed by atoms with Crippen LogP contribution in [0.15, 0.2) is 4.99 Å². The molecular formula is C15H30N4O2S. The van der Waals surface area contributed by atoms with Crippen LogP contribution in [0.2, 0.25) is 0 Å². The lowest BCUT2D eigenvalue weighted by atomic mass is 10.1. The van der Waals surface area contributed by atoms with Crippen molar-refractivity contribution < 1.29 is 9.53 Å². The van der Waals surface area contributed by atoms with Crippen molar-refractivity contribution in [1.29, 1.82) is 0 Å². The third-order valence-electron chi connectivity index (χ3n) is 3.60. The molecule has 6 nitrogen and oxygen atoms in total. The molecule has 1 aliphatic rings. The smallest absolute Gasteiger partial charge is 0.243 e. The second kappa shape index (κ2) is 10.7. The summed E-state index contributed by atoms with van der Waals surface area (Å²) in [6.45, 7) is 4.70. The maximum absolute atomic E-state index is 11.7. The van der Waals surface area contributed by atoms with Gasteiger partial charge in [0.15, 0.2) is 5.96 Å². The van der Waals surface area contributed by atoms with Gasteiger partial charge >= 0.3 is 0 Å². The SMILES string of the molecule is CSC(C)CNC(=NCC(=O)N(C)C)NCC1CCCCO1. The topological polar surface area (TPSA) is 66.0 Å². The van der Waals surface area contributed by atoms with Crippen LogP contribution in [0.3, 0.4) is 0 Å². The number of ether oxygens (including phenoxy) is 1. The number of hydrogen-bond donors (Lipinski definition) is 2. The van der Waals surface area contributed by atoms with Crippen molar-refractivity contribution >= 4 is 23.6 Å². The van der Waals surface area contributed by atoms with Crippen molar-refractivity contribution in [3.8, 4) is 0 Å². The predicted molar refractivity (Wildman–Crippen MR) is 93.6 cm³/mol. The molecular weight excluding hydrogens is 300 g/mol. The van der Waals surface area contributed by atoms with Crippen molar-refractivity contribution in [2.24, 2.45) is 4.99 Å². The maximum Gasteiger partial charge on any atom is 0.243 e. The summed E-state index contributed by atoms with van der Waals surface area (Å²) in [4.78, 5) is 17.6. The molecule has 22 heavy (non-hydrogen) atoms. The number of aliphatic imine (C=N–C) groups is 1. The molecule has 1 saturated heterocycles. The van der Waals surface area contributed by atoms with Gasteiger partial charge in [0.1, 0.15) is 6.54 Å². The van der Waals surface area contributed by atoms with Crippen molar-refractivity contribution in [1.82, 2.24) is 15.5 Å². The van der Waals surface area contributed by atoms with Gasteiger partial charge in [-0.3, -0.25) is 4.79 Å². The molecule has 2 N–H and O–H groups in total. The number of guanidine groups is 1. The van der Waals surface area contributed by atoms with Gasteiger partial charge in [-0.1, -0.05) is 6.92 Å². The molecule has 1 heterocycles. The lowest BCUT2D eigenvalue weighted by molar-refractivity contribution is -0.127. The molecule has 0 aromatic heterocycles. The van der Waals surface area contributed by atoms with Gasteiger partial charge in [-0.15, -0.1) is 0 Å². The first kappa shape index (κ1) is 19.1. The van der Waals surface area contributed by atoms with E-state index in [1.54, 1.807) is 30.8 Å². The molecule has 7 heteroatoms. The standard InChI is InChI=1S/C15H30N4O2S/c1-12(22-4)9-16-15(18-11-14(20)19(2)3)17-10-13-7-5-6-8-21-13/h12-13H,5-11H2,1-4H3,(H2,16,17,18). The predicted octanol–water partition coefficient (Wildman–Crippen LogP) is 0.930. The molecule has 128 valence electrons. The number of likely N-dealkylation sites (N-methyl/N-ethyl adjacent to an activating group) is 1. The van der Waals surface area contributed by atoms with Crippen LogP contribution in [0, 0.1) is 0 Å². The number of carbonyl (C=O) groups excluding carboxylic acids is 1. The lowest BCUT2D eigenvalue weighted by Gasteiger charge is -2.24. The summed E-state index contributed by atoms with van der Waals surface area (Å²) in [6, 6.07) is 0. The van der Waals surface area contributed by atoms with Crippen LogP contribution >= 0.6 is 11.8 Å². The first-order chi connectivity index (χ1) is 10.5. The van der Waals surface area contributed by atoms with Gasteiger partial charge in [0.2, 0.25) is 5.91 Å². The largest absolute Gasteiger partial charge is 0.376 e. The molecule has 2 unspecified atom stereocenters. The number of amides is 1. The zero-order chi connectivity index (χ0) is 16.4. The molecule has 2 atom stereocenters. The summed E-state index contributed by atoms with van der Waals surface area (Å²) in [5.41, 5.74) is 0. The number of carbonyl (C=O) groups is 1. The van der Waals surface area contributed by atoms with E-state index in [1.807, 2.05) is 0 Å². The highest BCUT2D eigenvalue weighted by molar-refractivity contribution is 7.99. The molecule has 0 aliphatic carbocycles. The summed E-state index contributed by atoms with van der Waals surface area (Å²) >= 11 is 1.80. The fraction of sp³-hybridized carbons (Fsp3) is 0.867. The third-order valence-corrected chi connectivity index (χ3v) is 4.57. The molecule has 1 fully saturated rings. The highest BCUT2D eigenvalue weighted by atomic mass is 32.2. The molecule has 0 bridgehead atoms. The molecule has 0 aromatic carbocycles. The molecule has 0 aromatic rings. The normalized spacial score (nSPS) is 20.4. The van der Waals surface area contributed by atoms with Crippen molar-refractivity contribution in [3.05, 3.63) is 0 Å². The average Bonchev–Trinajstić information content (AvgIpc) is 2.54. The third kappa shape index (κ3) is 7.89. The molecule has 1 aliphatic heterocycles. The van der Waals surface area contributed by atoms with E-state index >= 15 is 0 Å². The van der Waals surface area contributed by atoms with E-state index in [0.717, 1.165) is 32.5 Å². The Bertz CT molecular complexity index is 357. The highest BCUT2D eigenvalue weighted by Crippen LogP contribution is 2.11. The van der Waals surface area contributed by atoms with E-state index in [-0.39, 0.29) is 18.6 Å². The average molecular weight is 330 g/mol. The number of thioether (sulfide) groups is 1. The van der Waals surface area contributed by atoms with E-state index < -0.39 is 0 Å². The first-order valence-electron chi connectivity index (χ1n) is 7.89. The summed E-state index contributed by atoms with van der Waals surface area (Å²) < 4.78 is 5.71. The van der Waals surface area contributed by atoms with Crippen molar-refractivity contribution in [2.75, 3.05) is 46.6 Å². The second-order valence-corrected chi connectivity index (χ2v) is 7.03. The fourth-order valence-corrected chi connectivity index (χ4v) is 2.22. The number of hydrogen-bond acceptors (Lipinski definition) is 4. The molecule has 0 radical (unpaired) electrons. The van der Waals surface area contributed by atoms with Crippen LogP contribution in [-0.2, 0) is 9.53 Å². The van der Waals surface area contributed by atoms with Gasteiger partial charge in [0.05, 0.1) is 6.10 Å². The number of nitrogens with one attached hydrogen (secondary N) is 2. The minimum atomic E-state index is -0.00655. The molecule has 1 amide bonds. The van der Waals surface area contributed by atoms with Gasteiger partial charge < -0.3 is 20.3 Å². The van der Waals surface area contributed by atoms with E-state index in [1.165, 1.54) is 6.42 Å². The van der Waals surface area contributed by atoms with Crippen LogP contribution in [-0.4, -0.2) is 74.7 Å². The molecule has 0 spiro atoms. The Balaban J connectivity index is 2.48. The number of rotatable bonds is 7. The van der Waals surface area contributed by atoms with E-state index in [4.69, 9.17) is 4.74 Å². The monoisotopic (exact) mass is 330 g/mol. The summed E-state index contributed by atoms with van der Waals surface area (Å²) in [5, 5.41) is 7.08. The summed E-state index contributed by atoms with van der Waals surface area (Å²) in [6.07, 6.45) is 5.77. The Morgan fingerprint density at radius 2 is 2.18 bits per heavy atom. The quantitative estimate of drug-likeness (QED) is 0.537. The molecule has 1 rings (SSSR count).